The summed E-state index contributed by atoms with van der Waals surface area (Å²) < 4.78 is 39.6. The van der Waals surface area contributed by atoms with Crippen LogP contribution in [0.1, 0.15) is 0 Å². The molecule has 0 radical (unpaired) electrons. The van der Waals surface area contributed by atoms with Gasteiger partial charge in [-0.1, -0.05) is 12.1 Å². The number of nitrogens with zero attached hydrogens (tertiary/aromatic N) is 1. The van der Waals surface area contributed by atoms with Crippen molar-refractivity contribution >= 4 is 22.6 Å². The Balaban J connectivity index is 2.44. The third-order valence-corrected chi connectivity index (χ3v) is 2.51. The highest BCUT2D eigenvalue weighted by molar-refractivity contribution is 6.64. The Morgan fingerprint density at radius 2 is 1.47 bits per heavy atom. The number of aliphatic imine (C=N–C) groups is 1. The van der Waals surface area contributed by atoms with E-state index in [0.29, 0.717) is 11.1 Å². The lowest BCUT2D eigenvalue weighted by molar-refractivity contribution is 0.509. The minimum atomic E-state index is -0.995. The molecule has 2 aromatic rings. The van der Waals surface area contributed by atoms with Crippen molar-refractivity contribution in [2.75, 3.05) is 0 Å². The molecule has 0 amide bonds. The zero-order valence-corrected chi connectivity index (χ0v) is 10.3. The fourth-order valence-corrected chi connectivity index (χ4v) is 1.66. The first-order chi connectivity index (χ1) is 8.97. The maximum atomic E-state index is 13.7. The molecule has 0 unspecified atom stereocenters. The molecule has 2 N–H and O–H groups in total. The largest absolute Gasteiger partial charge is 0.374 e. The molecule has 0 aromatic heterocycles. The maximum absolute atomic E-state index is 13.7. The second kappa shape index (κ2) is 5.32. The Morgan fingerprint density at radius 1 is 0.895 bits per heavy atom. The maximum Gasteiger partial charge on any atom is 0.193 e. The van der Waals surface area contributed by atoms with Gasteiger partial charge >= 0.3 is 0 Å². The summed E-state index contributed by atoms with van der Waals surface area (Å²) in [6.45, 7) is 0. The van der Waals surface area contributed by atoms with E-state index >= 15 is 0 Å². The molecule has 2 nitrogen and oxygen atoms in total. The van der Waals surface area contributed by atoms with E-state index in [4.69, 9.17) is 17.3 Å². The summed E-state index contributed by atoms with van der Waals surface area (Å²) in [6, 6.07) is 7.32. The molecule has 0 bridgehead atoms. The predicted octanol–water partition coefficient (Wildman–Crippen LogP) is 3.96. The first kappa shape index (κ1) is 13.4. The summed E-state index contributed by atoms with van der Waals surface area (Å²) in [5, 5.41) is -0.292. The summed E-state index contributed by atoms with van der Waals surface area (Å²) in [6.07, 6.45) is 0. The van der Waals surface area contributed by atoms with E-state index in [1.54, 1.807) is 0 Å². The van der Waals surface area contributed by atoms with Gasteiger partial charge in [0.1, 0.15) is 11.5 Å². The fraction of sp³-hybridized carbons (Fsp3) is 0. The van der Waals surface area contributed by atoms with E-state index in [0.717, 1.165) is 18.2 Å². The van der Waals surface area contributed by atoms with Crippen LogP contribution in [0.4, 0.5) is 18.9 Å². The lowest BCUT2D eigenvalue weighted by Crippen LogP contribution is -2.00. The Labute approximate surface area is 112 Å². The van der Waals surface area contributed by atoms with Crippen LogP contribution in [0.25, 0.3) is 11.1 Å². The quantitative estimate of drug-likeness (QED) is 0.506. The molecule has 6 heteroatoms. The van der Waals surface area contributed by atoms with Crippen LogP contribution < -0.4 is 5.73 Å². The molecule has 0 spiro atoms. The number of hydrogen-bond acceptors (Lipinski definition) is 1. The van der Waals surface area contributed by atoms with Gasteiger partial charge in [-0.3, -0.25) is 0 Å². The standard InChI is InChI=1S/C13H8ClF3N2/c14-13(18)19-12-4-2-8(6-11(12)17)7-1-3-9(15)10(16)5-7/h1-6H,(H2,18,19). The highest BCUT2D eigenvalue weighted by Crippen LogP contribution is 2.27. The van der Waals surface area contributed by atoms with Gasteiger partial charge in [0, 0.05) is 0 Å². The van der Waals surface area contributed by atoms with Crippen LogP contribution >= 0.6 is 11.6 Å². The minimum absolute atomic E-state index is 0.0289. The lowest BCUT2D eigenvalue weighted by Gasteiger charge is -2.04. The van der Waals surface area contributed by atoms with Crippen LogP contribution in [-0.4, -0.2) is 5.29 Å². The van der Waals surface area contributed by atoms with E-state index in [9.17, 15) is 13.2 Å². The van der Waals surface area contributed by atoms with Crippen LogP contribution in [0.5, 0.6) is 0 Å². The molecule has 0 aliphatic carbocycles. The molecule has 2 aromatic carbocycles. The van der Waals surface area contributed by atoms with E-state index in [1.807, 2.05) is 0 Å². The molecule has 0 atom stereocenters. The molecule has 19 heavy (non-hydrogen) atoms. The van der Waals surface area contributed by atoms with Crippen molar-refractivity contribution in [2.24, 2.45) is 10.7 Å². The van der Waals surface area contributed by atoms with Crippen molar-refractivity contribution in [1.29, 1.82) is 0 Å². The highest BCUT2D eigenvalue weighted by Gasteiger charge is 2.08. The normalized spacial score (nSPS) is 11.7. The number of halogens is 4. The van der Waals surface area contributed by atoms with Crippen LogP contribution in [-0.2, 0) is 0 Å². The number of hydrogen-bond donors (Lipinski definition) is 1. The van der Waals surface area contributed by atoms with Gasteiger partial charge in [-0.15, -0.1) is 0 Å². The molecule has 0 saturated carbocycles. The molecule has 0 saturated heterocycles. The molecule has 0 aliphatic rings. The first-order valence-electron chi connectivity index (χ1n) is 5.22. The number of nitrogens with two attached hydrogens (primary N) is 1. The van der Waals surface area contributed by atoms with Crippen molar-refractivity contribution < 1.29 is 13.2 Å². The number of amidine groups is 1. The summed E-state index contributed by atoms with van der Waals surface area (Å²) >= 11 is 5.35. The van der Waals surface area contributed by atoms with E-state index in [1.165, 1.54) is 18.2 Å². The average Bonchev–Trinajstić information content (AvgIpc) is 2.35. The van der Waals surface area contributed by atoms with Gasteiger partial charge in [-0.2, -0.15) is 0 Å². The molecule has 0 heterocycles. The zero-order chi connectivity index (χ0) is 14.0. The molecule has 0 fully saturated rings. The van der Waals surface area contributed by atoms with Gasteiger partial charge in [0.05, 0.1) is 0 Å². The van der Waals surface area contributed by atoms with Crippen LogP contribution in [0.3, 0.4) is 0 Å². The predicted molar refractivity (Wildman–Crippen MR) is 68.9 cm³/mol. The fourth-order valence-electron chi connectivity index (χ4n) is 1.57. The van der Waals surface area contributed by atoms with Crippen molar-refractivity contribution in [1.82, 2.24) is 0 Å². The lowest BCUT2D eigenvalue weighted by atomic mass is 10.0. The number of rotatable bonds is 2. The molecule has 2 rings (SSSR count). The van der Waals surface area contributed by atoms with Crippen molar-refractivity contribution in [3.8, 4) is 11.1 Å². The third-order valence-electron chi connectivity index (χ3n) is 2.43. The van der Waals surface area contributed by atoms with Gasteiger partial charge in [0.25, 0.3) is 0 Å². The second-order valence-corrected chi connectivity index (χ2v) is 4.12. The average molecular weight is 285 g/mol. The summed E-state index contributed by atoms with van der Waals surface area (Å²) in [5.41, 5.74) is 5.85. The Morgan fingerprint density at radius 3 is 2.00 bits per heavy atom. The monoisotopic (exact) mass is 284 g/mol. The highest BCUT2D eigenvalue weighted by atomic mass is 35.5. The summed E-state index contributed by atoms with van der Waals surface area (Å²) in [4.78, 5) is 3.58. The van der Waals surface area contributed by atoms with Gasteiger partial charge in [0.15, 0.2) is 16.9 Å². The third kappa shape index (κ3) is 3.06. The van der Waals surface area contributed by atoms with Crippen molar-refractivity contribution in [3.05, 3.63) is 53.8 Å². The Hall–Kier alpha value is -2.01. The van der Waals surface area contributed by atoms with Crippen LogP contribution in [0.15, 0.2) is 41.4 Å². The van der Waals surface area contributed by atoms with Crippen LogP contribution in [0, 0.1) is 17.5 Å². The van der Waals surface area contributed by atoms with Gasteiger partial charge in [-0.05, 0) is 47.0 Å². The molecule has 98 valence electrons. The topological polar surface area (TPSA) is 38.4 Å². The number of benzene rings is 2. The van der Waals surface area contributed by atoms with Crippen molar-refractivity contribution in [3.63, 3.8) is 0 Å². The first-order valence-corrected chi connectivity index (χ1v) is 5.60. The van der Waals surface area contributed by atoms with Gasteiger partial charge < -0.3 is 5.73 Å². The van der Waals surface area contributed by atoms with Gasteiger partial charge in [0.2, 0.25) is 0 Å². The SMILES string of the molecule is NC(Cl)=Nc1ccc(-c2ccc(F)c(F)c2)cc1F. The minimum Gasteiger partial charge on any atom is -0.374 e. The summed E-state index contributed by atoms with van der Waals surface area (Å²) in [5.74, 6) is -2.61. The molecular formula is C13H8ClF3N2. The van der Waals surface area contributed by atoms with Crippen molar-refractivity contribution in [2.45, 2.75) is 0 Å². The zero-order valence-electron chi connectivity index (χ0n) is 9.50. The van der Waals surface area contributed by atoms with Crippen LogP contribution in [0.2, 0.25) is 0 Å². The second-order valence-electron chi connectivity index (χ2n) is 3.73. The summed E-state index contributed by atoms with van der Waals surface area (Å²) in [7, 11) is 0. The Bertz CT molecular complexity index is 652. The molecule has 0 aliphatic heterocycles. The van der Waals surface area contributed by atoms with E-state index < -0.39 is 17.5 Å². The van der Waals surface area contributed by atoms with E-state index in [-0.39, 0.29) is 11.0 Å². The van der Waals surface area contributed by atoms with E-state index in [2.05, 4.69) is 4.99 Å². The van der Waals surface area contributed by atoms with Gasteiger partial charge in [-0.25, -0.2) is 18.2 Å². The Kier molecular flexibility index (Phi) is 3.76. The smallest absolute Gasteiger partial charge is 0.193 e. The molecular weight excluding hydrogens is 277 g/mol.